The first-order chi connectivity index (χ1) is 7.76. The van der Waals surface area contributed by atoms with Crippen molar-refractivity contribution in [2.75, 3.05) is 0 Å². The minimum Gasteiger partial charge on any atom is -0.388 e. The van der Waals surface area contributed by atoms with Crippen LogP contribution in [0.25, 0.3) is 5.69 Å². The maximum atomic E-state index is 13.1. The summed E-state index contributed by atoms with van der Waals surface area (Å²) in [6.45, 7) is -0.332. The highest BCUT2D eigenvalue weighted by atomic mass is 19.1. The summed E-state index contributed by atoms with van der Waals surface area (Å²) >= 11 is 0. The number of hydrogen-bond acceptors (Lipinski definition) is 4. The van der Waals surface area contributed by atoms with E-state index in [0.717, 1.165) is 0 Å². The van der Waals surface area contributed by atoms with Crippen LogP contribution in [0.3, 0.4) is 0 Å². The SMILES string of the molecule is N#Cc1ccc(F)cc1-n1ncnc1CO. The Morgan fingerprint density at radius 1 is 1.50 bits per heavy atom. The maximum absolute atomic E-state index is 13.1. The van der Waals surface area contributed by atoms with Crippen LogP contribution in [-0.2, 0) is 6.61 Å². The predicted molar refractivity (Wildman–Crippen MR) is 52.0 cm³/mol. The van der Waals surface area contributed by atoms with Gasteiger partial charge in [-0.2, -0.15) is 10.4 Å². The van der Waals surface area contributed by atoms with Crippen LogP contribution in [0.4, 0.5) is 4.39 Å². The van der Waals surface area contributed by atoms with Gasteiger partial charge in [-0.1, -0.05) is 0 Å². The van der Waals surface area contributed by atoms with Crippen molar-refractivity contribution in [3.8, 4) is 11.8 Å². The third kappa shape index (κ3) is 1.64. The van der Waals surface area contributed by atoms with Crippen LogP contribution >= 0.6 is 0 Å². The average Bonchev–Trinajstić information content (AvgIpc) is 2.76. The number of halogens is 1. The molecule has 1 aromatic heterocycles. The molecule has 6 heteroatoms. The molecular formula is C10H7FN4O. The van der Waals surface area contributed by atoms with E-state index in [1.54, 1.807) is 0 Å². The molecule has 0 saturated heterocycles. The first-order valence-corrected chi connectivity index (χ1v) is 4.46. The van der Waals surface area contributed by atoms with Crippen molar-refractivity contribution in [1.82, 2.24) is 14.8 Å². The molecule has 0 bridgehead atoms. The summed E-state index contributed by atoms with van der Waals surface area (Å²) in [4.78, 5) is 3.79. The zero-order chi connectivity index (χ0) is 11.5. The Hall–Kier alpha value is -2.26. The van der Waals surface area contributed by atoms with Gasteiger partial charge in [-0.05, 0) is 12.1 Å². The monoisotopic (exact) mass is 218 g/mol. The normalized spacial score (nSPS) is 10.1. The Balaban J connectivity index is 2.64. The summed E-state index contributed by atoms with van der Waals surface area (Å²) < 4.78 is 14.3. The lowest BCUT2D eigenvalue weighted by molar-refractivity contribution is 0.268. The summed E-state index contributed by atoms with van der Waals surface area (Å²) in [6.07, 6.45) is 1.23. The fraction of sp³-hybridized carbons (Fsp3) is 0.100. The highest BCUT2D eigenvalue weighted by Gasteiger charge is 2.10. The van der Waals surface area contributed by atoms with E-state index in [9.17, 15) is 4.39 Å². The average molecular weight is 218 g/mol. The van der Waals surface area contributed by atoms with Crippen LogP contribution in [0.5, 0.6) is 0 Å². The van der Waals surface area contributed by atoms with E-state index in [4.69, 9.17) is 10.4 Å². The van der Waals surface area contributed by atoms with E-state index in [1.807, 2.05) is 6.07 Å². The second kappa shape index (κ2) is 4.08. The van der Waals surface area contributed by atoms with Crippen LogP contribution in [0.15, 0.2) is 24.5 Å². The second-order valence-electron chi connectivity index (χ2n) is 3.02. The second-order valence-corrected chi connectivity index (χ2v) is 3.02. The molecule has 1 aromatic carbocycles. The Morgan fingerprint density at radius 3 is 3.00 bits per heavy atom. The molecule has 2 aromatic rings. The third-order valence-electron chi connectivity index (χ3n) is 2.07. The standard InChI is InChI=1S/C10H7FN4O/c11-8-2-1-7(4-12)9(3-8)15-10(5-16)13-6-14-15/h1-3,6,16H,5H2. The molecule has 5 nitrogen and oxygen atoms in total. The summed E-state index contributed by atoms with van der Waals surface area (Å²) in [7, 11) is 0. The van der Waals surface area contributed by atoms with Gasteiger partial charge in [-0.15, -0.1) is 0 Å². The molecule has 0 aliphatic carbocycles. The highest BCUT2D eigenvalue weighted by Crippen LogP contribution is 2.15. The number of hydrogen-bond donors (Lipinski definition) is 1. The van der Waals surface area contributed by atoms with E-state index in [1.165, 1.54) is 29.2 Å². The summed E-state index contributed by atoms with van der Waals surface area (Å²) in [5, 5.41) is 21.7. The molecular weight excluding hydrogens is 211 g/mol. The predicted octanol–water partition coefficient (Wildman–Crippen LogP) is 0.770. The number of nitriles is 1. The largest absolute Gasteiger partial charge is 0.388 e. The van der Waals surface area contributed by atoms with E-state index in [-0.39, 0.29) is 23.7 Å². The number of benzene rings is 1. The molecule has 0 unspecified atom stereocenters. The van der Waals surface area contributed by atoms with Crippen molar-refractivity contribution in [3.63, 3.8) is 0 Å². The van der Waals surface area contributed by atoms with Gasteiger partial charge < -0.3 is 5.11 Å². The molecule has 1 heterocycles. The summed E-state index contributed by atoms with van der Waals surface area (Å²) in [6, 6.07) is 5.65. The van der Waals surface area contributed by atoms with Gasteiger partial charge in [0.2, 0.25) is 0 Å². The molecule has 16 heavy (non-hydrogen) atoms. The van der Waals surface area contributed by atoms with Gasteiger partial charge in [0.1, 0.15) is 24.8 Å². The quantitative estimate of drug-likeness (QED) is 0.807. The van der Waals surface area contributed by atoms with Gasteiger partial charge in [-0.3, -0.25) is 0 Å². The van der Waals surface area contributed by atoms with Crippen LogP contribution in [0.2, 0.25) is 0 Å². The lowest BCUT2D eigenvalue weighted by Gasteiger charge is -2.05. The van der Waals surface area contributed by atoms with Crippen molar-refractivity contribution in [3.05, 3.63) is 41.7 Å². The van der Waals surface area contributed by atoms with Crippen molar-refractivity contribution in [2.24, 2.45) is 0 Å². The van der Waals surface area contributed by atoms with Crippen molar-refractivity contribution in [2.45, 2.75) is 6.61 Å². The number of aliphatic hydroxyl groups is 1. The first-order valence-electron chi connectivity index (χ1n) is 4.46. The molecule has 0 amide bonds. The zero-order valence-electron chi connectivity index (χ0n) is 8.13. The Morgan fingerprint density at radius 2 is 2.31 bits per heavy atom. The lowest BCUT2D eigenvalue weighted by atomic mass is 10.2. The van der Waals surface area contributed by atoms with Gasteiger partial charge in [-0.25, -0.2) is 14.1 Å². The van der Waals surface area contributed by atoms with Gasteiger partial charge in [0.15, 0.2) is 5.82 Å². The van der Waals surface area contributed by atoms with Crippen LogP contribution in [0.1, 0.15) is 11.4 Å². The molecule has 0 spiro atoms. The molecule has 0 radical (unpaired) electrons. The zero-order valence-corrected chi connectivity index (χ0v) is 8.13. The fourth-order valence-electron chi connectivity index (χ4n) is 1.35. The van der Waals surface area contributed by atoms with Crippen molar-refractivity contribution >= 4 is 0 Å². The molecule has 0 aliphatic rings. The third-order valence-corrected chi connectivity index (χ3v) is 2.07. The van der Waals surface area contributed by atoms with Crippen molar-refractivity contribution in [1.29, 1.82) is 5.26 Å². The summed E-state index contributed by atoms with van der Waals surface area (Å²) in [5.41, 5.74) is 0.533. The smallest absolute Gasteiger partial charge is 0.157 e. The molecule has 0 fully saturated rings. The number of nitrogens with zero attached hydrogens (tertiary/aromatic N) is 4. The topological polar surface area (TPSA) is 74.7 Å². The maximum Gasteiger partial charge on any atom is 0.157 e. The molecule has 0 atom stereocenters. The molecule has 0 aliphatic heterocycles. The minimum absolute atomic E-state index is 0.252. The van der Waals surface area contributed by atoms with E-state index in [2.05, 4.69) is 10.1 Å². The minimum atomic E-state index is -0.478. The van der Waals surface area contributed by atoms with E-state index >= 15 is 0 Å². The number of aromatic nitrogens is 3. The molecule has 0 saturated carbocycles. The Kier molecular flexibility index (Phi) is 2.62. The highest BCUT2D eigenvalue weighted by molar-refractivity contribution is 5.48. The Bertz CT molecular complexity index is 558. The Labute approximate surface area is 90.4 Å². The molecule has 2 rings (SSSR count). The summed E-state index contributed by atoms with van der Waals surface area (Å²) in [5.74, 6) is -0.226. The van der Waals surface area contributed by atoms with Crippen molar-refractivity contribution < 1.29 is 9.50 Å². The van der Waals surface area contributed by atoms with E-state index < -0.39 is 5.82 Å². The van der Waals surface area contributed by atoms with Gasteiger partial charge in [0, 0.05) is 6.07 Å². The lowest BCUT2D eigenvalue weighted by Crippen LogP contribution is -2.05. The van der Waals surface area contributed by atoms with Gasteiger partial charge >= 0.3 is 0 Å². The van der Waals surface area contributed by atoms with Crippen LogP contribution < -0.4 is 0 Å². The molecule has 1 N–H and O–H groups in total. The number of aliphatic hydroxyl groups excluding tert-OH is 1. The first kappa shape index (κ1) is 10.3. The van der Waals surface area contributed by atoms with Gasteiger partial charge in [0.05, 0.1) is 11.3 Å². The number of rotatable bonds is 2. The van der Waals surface area contributed by atoms with Gasteiger partial charge in [0.25, 0.3) is 0 Å². The van der Waals surface area contributed by atoms with E-state index in [0.29, 0.717) is 0 Å². The fourth-order valence-corrected chi connectivity index (χ4v) is 1.35. The molecule has 80 valence electrons. The van der Waals surface area contributed by atoms with Crippen LogP contribution in [0, 0.1) is 17.1 Å². The van der Waals surface area contributed by atoms with Crippen LogP contribution in [-0.4, -0.2) is 19.9 Å².